The summed E-state index contributed by atoms with van der Waals surface area (Å²) in [5, 5.41) is 6.11. The van der Waals surface area contributed by atoms with Gasteiger partial charge in [-0.05, 0) is 163 Å². The van der Waals surface area contributed by atoms with Crippen LogP contribution in [0.5, 0.6) is 0 Å². The second-order valence-corrected chi connectivity index (χ2v) is 14.8. The average Bonchev–Trinajstić information content (AvgIpc) is 3.42. The van der Waals surface area contributed by atoms with E-state index in [1.54, 1.807) is 6.20 Å². The van der Waals surface area contributed by atoms with Crippen LogP contribution in [0.25, 0.3) is 50.6 Å². The van der Waals surface area contributed by atoms with Gasteiger partial charge in [-0.1, -0.05) is 129 Å². The molecule has 0 atom stereocenters. The molecule has 0 unspecified atom stereocenters. The third kappa shape index (κ3) is 6.40. The van der Waals surface area contributed by atoms with E-state index in [0.717, 1.165) is 53.7 Å². The standard InChI is InChI=1S/C53H43NO/c1-34(38-24-25-46-49-28-36(3)39(26-27-54)33-51(49)55-50(46)32-38)20-21-35(2)52-43-15-8-9-17-45(31-43)53(48-19-11-10-18-47(48)52)44-16-7-6-14-41(30-44)42-23-22-37-12-4-5-13-40(37)29-42/h4-6,8-23,26-30,32-33H,1-2,7,24-25,31,54H2,3H3/b21-20-,27-26-. The van der Waals surface area contributed by atoms with Crippen molar-refractivity contribution in [1.29, 1.82) is 0 Å². The maximum atomic E-state index is 6.39. The first-order valence-electron chi connectivity index (χ1n) is 19.2. The van der Waals surface area contributed by atoms with Crippen LogP contribution in [0.1, 0.15) is 47.3 Å². The van der Waals surface area contributed by atoms with Gasteiger partial charge in [0.05, 0.1) is 0 Å². The highest BCUT2D eigenvalue weighted by Crippen LogP contribution is 2.39. The minimum absolute atomic E-state index is 0.812. The molecule has 0 radical (unpaired) electrons. The summed E-state index contributed by atoms with van der Waals surface area (Å²) in [5.74, 6) is 0.920. The number of rotatable bonds is 7. The van der Waals surface area contributed by atoms with Crippen LogP contribution in [-0.2, 0) is 6.42 Å². The van der Waals surface area contributed by atoms with Crippen molar-refractivity contribution in [3.8, 4) is 0 Å². The zero-order valence-corrected chi connectivity index (χ0v) is 31.2. The molecule has 5 aromatic rings. The van der Waals surface area contributed by atoms with Gasteiger partial charge in [-0.25, -0.2) is 0 Å². The molecule has 2 nitrogen and oxygen atoms in total. The molecule has 0 fully saturated rings. The second-order valence-electron chi connectivity index (χ2n) is 14.8. The molecule has 0 amide bonds. The molecule has 0 spiro atoms. The van der Waals surface area contributed by atoms with Crippen molar-refractivity contribution in [3.05, 3.63) is 231 Å². The topological polar surface area (TPSA) is 39.2 Å². The Bertz CT molecular complexity index is 2900. The number of nitrogens with two attached hydrogens (primary N) is 1. The Kier molecular flexibility index (Phi) is 8.88. The summed E-state index contributed by atoms with van der Waals surface area (Å²) < 4.78 is 6.39. The number of benzene rings is 4. The van der Waals surface area contributed by atoms with Gasteiger partial charge >= 0.3 is 0 Å². The van der Waals surface area contributed by atoms with Gasteiger partial charge in [-0.2, -0.15) is 0 Å². The fraction of sp³-hybridized carbons (Fsp3) is 0.0943. The van der Waals surface area contributed by atoms with Crippen molar-refractivity contribution in [1.82, 2.24) is 0 Å². The van der Waals surface area contributed by atoms with E-state index in [2.05, 4.69) is 159 Å². The van der Waals surface area contributed by atoms with E-state index in [0.29, 0.717) is 0 Å². The van der Waals surface area contributed by atoms with Crippen LogP contribution in [0.4, 0.5) is 0 Å². The van der Waals surface area contributed by atoms with Gasteiger partial charge in [0, 0.05) is 10.9 Å². The Hall–Kier alpha value is -6.64. The van der Waals surface area contributed by atoms with Crippen molar-refractivity contribution >= 4 is 50.6 Å². The molecule has 2 heteroatoms. The number of hydrogen-bond donors (Lipinski definition) is 1. The number of hydrogen-bond acceptors (Lipinski definition) is 2. The molecule has 1 aromatic heterocycles. The van der Waals surface area contributed by atoms with Gasteiger partial charge in [-0.15, -0.1) is 0 Å². The van der Waals surface area contributed by atoms with Crippen molar-refractivity contribution in [3.63, 3.8) is 0 Å². The smallest absolute Gasteiger partial charge is 0.135 e. The fourth-order valence-corrected chi connectivity index (χ4v) is 8.51. The van der Waals surface area contributed by atoms with Crippen molar-refractivity contribution in [2.24, 2.45) is 5.73 Å². The van der Waals surface area contributed by atoms with Gasteiger partial charge in [0.25, 0.3) is 0 Å². The number of fused-ring (bicyclic) bond motifs is 7. The van der Waals surface area contributed by atoms with Crippen molar-refractivity contribution in [2.45, 2.75) is 32.6 Å². The Morgan fingerprint density at radius 3 is 2.42 bits per heavy atom. The average molecular weight is 710 g/mol. The molecule has 0 aliphatic heterocycles. The summed E-state index contributed by atoms with van der Waals surface area (Å²) in [6.07, 6.45) is 31.6. The number of aryl methyl sites for hydroxylation is 2. The van der Waals surface area contributed by atoms with Crippen LogP contribution in [0.15, 0.2) is 197 Å². The summed E-state index contributed by atoms with van der Waals surface area (Å²) in [6, 6.07) is 28.5. The zero-order chi connectivity index (χ0) is 37.5. The highest BCUT2D eigenvalue weighted by molar-refractivity contribution is 5.94. The van der Waals surface area contributed by atoms with E-state index in [-0.39, 0.29) is 0 Å². The SMILES string of the molecule is C=C(/C=C\C(=C)C1=c2ccccc2=C(C2=CCC=CC(c3ccc4ccccc4c3)=C2)C2=CC=CC=C1C2)C1=Cc2oc3cc(/C=C\N)c(C)cc3c2CC1. The third-order valence-corrected chi connectivity index (χ3v) is 11.3. The van der Waals surface area contributed by atoms with E-state index < -0.39 is 0 Å². The maximum Gasteiger partial charge on any atom is 0.135 e. The third-order valence-electron chi connectivity index (χ3n) is 11.3. The molecule has 0 saturated heterocycles. The molecule has 2 bridgehead atoms. The predicted octanol–water partition coefficient (Wildman–Crippen LogP) is 11.6. The molecule has 4 aromatic carbocycles. The zero-order valence-electron chi connectivity index (χ0n) is 31.2. The van der Waals surface area contributed by atoms with Gasteiger partial charge in [0.2, 0.25) is 0 Å². The lowest BCUT2D eigenvalue weighted by Gasteiger charge is -2.15. The molecule has 2 N–H and O–H groups in total. The highest BCUT2D eigenvalue weighted by Gasteiger charge is 2.23. The van der Waals surface area contributed by atoms with E-state index in [1.165, 1.54) is 82.3 Å². The minimum atomic E-state index is 0.812. The Balaban J connectivity index is 1.10. The van der Waals surface area contributed by atoms with Crippen LogP contribution in [-0.4, -0.2) is 0 Å². The summed E-state index contributed by atoms with van der Waals surface area (Å²) >= 11 is 0. The van der Waals surface area contributed by atoms with E-state index in [4.69, 9.17) is 16.7 Å². The fourth-order valence-electron chi connectivity index (χ4n) is 8.51. The molecule has 55 heavy (non-hydrogen) atoms. The summed E-state index contributed by atoms with van der Waals surface area (Å²) in [7, 11) is 0. The number of furan rings is 1. The van der Waals surface area contributed by atoms with Crippen LogP contribution in [0, 0.1) is 6.92 Å². The first-order valence-corrected chi connectivity index (χ1v) is 19.2. The lowest BCUT2D eigenvalue weighted by Crippen LogP contribution is -2.29. The van der Waals surface area contributed by atoms with Crippen molar-refractivity contribution < 1.29 is 4.42 Å². The van der Waals surface area contributed by atoms with Gasteiger partial charge < -0.3 is 10.2 Å². The lowest BCUT2D eigenvalue weighted by atomic mass is 9.88. The molecule has 4 aliphatic rings. The number of allylic oxidation sites excluding steroid dienone is 17. The molecule has 9 rings (SSSR count). The summed E-state index contributed by atoms with van der Waals surface area (Å²) in [4.78, 5) is 0. The van der Waals surface area contributed by atoms with Gasteiger partial charge in [0.15, 0.2) is 0 Å². The van der Waals surface area contributed by atoms with E-state index in [1.807, 2.05) is 6.08 Å². The lowest BCUT2D eigenvalue weighted by molar-refractivity contribution is 0.594. The van der Waals surface area contributed by atoms with Gasteiger partial charge in [-0.3, -0.25) is 0 Å². The van der Waals surface area contributed by atoms with Crippen molar-refractivity contribution in [2.75, 3.05) is 0 Å². The molecular weight excluding hydrogens is 667 g/mol. The van der Waals surface area contributed by atoms with Gasteiger partial charge in [0.1, 0.15) is 11.3 Å². The molecule has 266 valence electrons. The van der Waals surface area contributed by atoms with E-state index >= 15 is 0 Å². The first kappa shape index (κ1) is 34.1. The first-order chi connectivity index (χ1) is 26.9. The monoisotopic (exact) mass is 709 g/mol. The molecule has 1 heterocycles. The minimum Gasteiger partial charge on any atom is -0.456 e. The second kappa shape index (κ2) is 14.3. The van der Waals surface area contributed by atoms with Crippen LogP contribution in [0.3, 0.4) is 0 Å². The summed E-state index contributed by atoms with van der Waals surface area (Å²) in [5.41, 5.74) is 22.0. The predicted molar refractivity (Wildman–Crippen MR) is 234 cm³/mol. The summed E-state index contributed by atoms with van der Waals surface area (Å²) in [6.45, 7) is 11.3. The quantitative estimate of drug-likeness (QED) is 0.171. The van der Waals surface area contributed by atoms with Crippen LogP contribution in [0.2, 0.25) is 0 Å². The highest BCUT2D eigenvalue weighted by atomic mass is 16.3. The maximum absolute atomic E-state index is 6.39. The van der Waals surface area contributed by atoms with E-state index in [9.17, 15) is 0 Å². The molecule has 0 saturated carbocycles. The Morgan fingerprint density at radius 2 is 1.56 bits per heavy atom. The van der Waals surface area contributed by atoms with Crippen LogP contribution < -0.4 is 16.2 Å². The Labute approximate surface area is 323 Å². The molecule has 4 aliphatic carbocycles. The normalized spacial score (nSPS) is 16.6. The van der Waals surface area contributed by atoms with Crippen LogP contribution >= 0.6 is 0 Å². The largest absolute Gasteiger partial charge is 0.456 e. The molecular formula is C53H43NO. The Morgan fingerprint density at radius 1 is 0.782 bits per heavy atom.